The highest BCUT2D eigenvalue weighted by Crippen LogP contribution is 2.34. The van der Waals surface area contributed by atoms with Crippen LogP contribution in [0.15, 0.2) is 0 Å². The Balaban J connectivity index is 1.71. The van der Waals surface area contributed by atoms with Crippen molar-refractivity contribution in [1.82, 2.24) is 5.32 Å². The fraction of sp³-hybridized carbons (Fsp3) is 0.800. The van der Waals surface area contributed by atoms with Crippen LogP contribution >= 0.6 is 0 Å². The second-order valence-corrected chi connectivity index (χ2v) is 4.16. The fourth-order valence-electron chi connectivity index (χ4n) is 1.85. The van der Waals surface area contributed by atoms with E-state index in [2.05, 4.69) is 12.2 Å². The first-order chi connectivity index (χ1) is 6.20. The molecule has 0 aromatic heterocycles. The molecule has 0 bridgehead atoms. The van der Waals surface area contributed by atoms with Crippen molar-refractivity contribution in [3.63, 3.8) is 0 Å². The molecule has 72 valence electrons. The standard InChI is InChI=1S/C10H15NO2/c1-2-6-5-9(6)11-10(13)7-3-8(12)4-7/h6-7,9H,2-5H2,1H3,(H,11,13). The van der Waals surface area contributed by atoms with Gasteiger partial charge in [-0.05, 0) is 12.3 Å². The van der Waals surface area contributed by atoms with Crippen molar-refractivity contribution >= 4 is 11.7 Å². The van der Waals surface area contributed by atoms with Crippen LogP contribution < -0.4 is 5.32 Å². The first kappa shape index (κ1) is 8.73. The summed E-state index contributed by atoms with van der Waals surface area (Å²) < 4.78 is 0. The molecule has 2 unspecified atom stereocenters. The van der Waals surface area contributed by atoms with Crippen LogP contribution in [0.4, 0.5) is 0 Å². The summed E-state index contributed by atoms with van der Waals surface area (Å²) in [5.41, 5.74) is 0. The lowest BCUT2D eigenvalue weighted by Crippen LogP contribution is -2.40. The second kappa shape index (κ2) is 3.13. The summed E-state index contributed by atoms with van der Waals surface area (Å²) >= 11 is 0. The van der Waals surface area contributed by atoms with Crippen molar-refractivity contribution < 1.29 is 9.59 Å². The molecule has 0 aromatic rings. The fourth-order valence-corrected chi connectivity index (χ4v) is 1.85. The van der Waals surface area contributed by atoms with Crippen molar-refractivity contribution in [2.24, 2.45) is 11.8 Å². The molecule has 1 amide bonds. The monoisotopic (exact) mass is 181 g/mol. The Bertz CT molecular complexity index is 241. The topological polar surface area (TPSA) is 46.2 Å². The number of amides is 1. The van der Waals surface area contributed by atoms with Gasteiger partial charge in [0.05, 0.1) is 5.92 Å². The van der Waals surface area contributed by atoms with E-state index in [0.717, 1.165) is 12.8 Å². The Morgan fingerprint density at radius 1 is 1.54 bits per heavy atom. The van der Waals surface area contributed by atoms with Crippen LogP contribution in [-0.2, 0) is 9.59 Å². The Labute approximate surface area is 77.9 Å². The van der Waals surface area contributed by atoms with Gasteiger partial charge in [0.15, 0.2) is 0 Å². The number of ketones is 1. The largest absolute Gasteiger partial charge is 0.353 e. The zero-order valence-corrected chi connectivity index (χ0v) is 7.88. The van der Waals surface area contributed by atoms with E-state index < -0.39 is 0 Å². The lowest BCUT2D eigenvalue weighted by Gasteiger charge is -2.22. The maximum atomic E-state index is 11.4. The molecular weight excluding hydrogens is 166 g/mol. The number of carbonyl (C=O) groups excluding carboxylic acids is 2. The number of hydrogen-bond acceptors (Lipinski definition) is 2. The zero-order chi connectivity index (χ0) is 9.42. The summed E-state index contributed by atoms with van der Waals surface area (Å²) in [5.74, 6) is 1.01. The van der Waals surface area contributed by atoms with Crippen molar-refractivity contribution in [1.29, 1.82) is 0 Å². The molecule has 0 radical (unpaired) electrons. The van der Waals surface area contributed by atoms with E-state index in [1.165, 1.54) is 0 Å². The van der Waals surface area contributed by atoms with Gasteiger partial charge in [-0.25, -0.2) is 0 Å². The molecule has 3 nitrogen and oxygen atoms in total. The summed E-state index contributed by atoms with van der Waals surface area (Å²) in [5, 5.41) is 2.99. The molecule has 2 rings (SSSR count). The molecule has 0 spiro atoms. The first-order valence-corrected chi connectivity index (χ1v) is 5.02. The molecule has 0 aliphatic heterocycles. The van der Waals surface area contributed by atoms with Crippen molar-refractivity contribution in [3.05, 3.63) is 0 Å². The predicted molar refractivity (Wildman–Crippen MR) is 48.1 cm³/mol. The molecule has 2 atom stereocenters. The van der Waals surface area contributed by atoms with E-state index in [1.807, 2.05) is 0 Å². The third-order valence-electron chi connectivity index (χ3n) is 3.09. The molecule has 0 aromatic carbocycles. The van der Waals surface area contributed by atoms with Crippen LogP contribution in [0.25, 0.3) is 0 Å². The maximum absolute atomic E-state index is 11.4. The third-order valence-corrected chi connectivity index (χ3v) is 3.09. The SMILES string of the molecule is CCC1CC1NC(=O)C1CC(=O)C1. The van der Waals surface area contributed by atoms with E-state index in [9.17, 15) is 9.59 Å². The normalized spacial score (nSPS) is 32.5. The predicted octanol–water partition coefficient (Wildman–Crippen LogP) is 0.880. The van der Waals surface area contributed by atoms with Crippen LogP contribution in [0.1, 0.15) is 32.6 Å². The minimum atomic E-state index is -0.00870. The molecule has 2 fully saturated rings. The molecule has 2 saturated carbocycles. The molecule has 2 aliphatic carbocycles. The number of nitrogens with one attached hydrogen (secondary N) is 1. The van der Waals surface area contributed by atoms with Crippen LogP contribution in [0.2, 0.25) is 0 Å². The summed E-state index contributed by atoms with van der Waals surface area (Å²) in [6.45, 7) is 2.14. The average Bonchev–Trinajstić information content (AvgIpc) is 2.77. The van der Waals surface area contributed by atoms with Crippen molar-refractivity contribution in [3.8, 4) is 0 Å². The number of hydrogen-bond donors (Lipinski definition) is 1. The van der Waals surface area contributed by atoms with Gasteiger partial charge >= 0.3 is 0 Å². The molecule has 13 heavy (non-hydrogen) atoms. The van der Waals surface area contributed by atoms with Crippen LogP contribution in [0.3, 0.4) is 0 Å². The molecule has 3 heteroatoms. The molecule has 1 N–H and O–H groups in total. The van der Waals surface area contributed by atoms with E-state index in [-0.39, 0.29) is 17.6 Å². The van der Waals surface area contributed by atoms with Gasteiger partial charge in [0.25, 0.3) is 0 Å². The lowest BCUT2D eigenvalue weighted by molar-refractivity contribution is -0.138. The van der Waals surface area contributed by atoms with Gasteiger partial charge in [0, 0.05) is 18.9 Å². The number of Topliss-reactive ketones (excluding diaryl/α,β-unsaturated/α-hetero) is 1. The van der Waals surface area contributed by atoms with Crippen LogP contribution in [0, 0.1) is 11.8 Å². The molecule has 0 heterocycles. The summed E-state index contributed by atoms with van der Waals surface area (Å²) in [6, 6.07) is 0.410. The number of rotatable bonds is 3. The quantitative estimate of drug-likeness (QED) is 0.702. The molecular formula is C10H15NO2. The molecule has 0 saturated heterocycles. The van der Waals surface area contributed by atoms with E-state index in [1.54, 1.807) is 0 Å². The smallest absolute Gasteiger partial charge is 0.224 e. The van der Waals surface area contributed by atoms with Crippen LogP contribution in [-0.4, -0.2) is 17.7 Å². The Kier molecular flexibility index (Phi) is 2.10. The van der Waals surface area contributed by atoms with Crippen LogP contribution in [0.5, 0.6) is 0 Å². The zero-order valence-electron chi connectivity index (χ0n) is 7.88. The third kappa shape index (κ3) is 1.74. The van der Waals surface area contributed by atoms with E-state index in [4.69, 9.17) is 0 Å². The lowest BCUT2D eigenvalue weighted by atomic mass is 9.83. The van der Waals surface area contributed by atoms with Gasteiger partial charge in [-0.3, -0.25) is 9.59 Å². The van der Waals surface area contributed by atoms with Gasteiger partial charge < -0.3 is 5.32 Å². The highest BCUT2D eigenvalue weighted by Gasteiger charge is 2.40. The highest BCUT2D eigenvalue weighted by atomic mass is 16.2. The first-order valence-electron chi connectivity index (χ1n) is 5.02. The van der Waals surface area contributed by atoms with Gasteiger partial charge in [-0.15, -0.1) is 0 Å². The van der Waals surface area contributed by atoms with E-state index >= 15 is 0 Å². The van der Waals surface area contributed by atoms with Gasteiger partial charge in [0.1, 0.15) is 5.78 Å². The minimum absolute atomic E-state index is 0.00870. The van der Waals surface area contributed by atoms with E-state index in [0.29, 0.717) is 24.8 Å². The van der Waals surface area contributed by atoms with Gasteiger partial charge in [0.2, 0.25) is 5.91 Å². The minimum Gasteiger partial charge on any atom is -0.353 e. The van der Waals surface area contributed by atoms with Gasteiger partial charge in [-0.1, -0.05) is 13.3 Å². The maximum Gasteiger partial charge on any atom is 0.224 e. The highest BCUT2D eigenvalue weighted by molar-refractivity contribution is 5.96. The Morgan fingerprint density at radius 3 is 2.69 bits per heavy atom. The van der Waals surface area contributed by atoms with Crippen molar-refractivity contribution in [2.45, 2.75) is 38.6 Å². The second-order valence-electron chi connectivity index (χ2n) is 4.16. The Hall–Kier alpha value is -0.860. The number of carbonyl (C=O) groups is 2. The van der Waals surface area contributed by atoms with Crippen molar-refractivity contribution in [2.75, 3.05) is 0 Å². The summed E-state index contributed by atoms with van der Waals surface area (Å²) in [4.78, 5) is 22.1. The van der Waals surface area contributed by atoms with Gasteiger partial charge in [-0.2, -0.15) is 0 Å². The summed E-state index contributed by atoms with van der Waals surface area (Å²) in [7, 11) is 0. The summed E-state index contributed by atoms with van der Waals surface area (Å²) in [6.07, 6.45) is 3.21. The molecule has 2 aliphatic rings. The Morgan fingerprint density at radius 2 is 2.23 bits per heavy atom. The average molecular weight is 181 g/mol.